The van der Waals surface area contributed by atoms with E-state index in [0.29, 0.717) is 18.7 Å². The lowest BCUT2D eigenvalue weighted by molar-refractivity contribution is 0.242. The van der Waals surface area contributed by atoms with Gasteiger partial charge in [-0.15, -0.1) is 12.4 Å². The van der Waals surface area contributed by atoms with Crippen LogP contribution in [0.5, 0.6) is 0 Å². The van der Waals surface area contributed by atoms with Crippen LogP contribution in [0.2, 0.25) is 0 Å². The standard InChI is InChI=1S/C14H21FN2O2S.ClH/c1-10-5-6-14(13(15)8-10)20(18,19)17-7-3-4-12(9-17)11(2)16;/h5-6,8,11-12H,3-4,7,9,16H2,1-2H3;1H. The number of aryl methyl sites for hydroxylation is 1. The van der Waals surface area contributed by atoms with E-state index in [4.69, 9.17) is 5.73 Å². The van der Waals surface area contributed by atoms with Gasteiger partial charge in [-0.3, -0.25) is 0 Å². The second-order valence-corrected chi connectivity index (χ2v) is 7.46. The molecule has 0 bridgehead atoms. The summed E-state index contributed by atoms with van der Waals surface area (Å²) in [5.41, 5.74) is 6.57. The first-order valence-electron chi connectivity index (χ1n) is 6.84. The summed E-state index contributed by atoms with van der Waals surface area (Å²) in [5.74, 6) is -0.556. The zero-order valence-corrected chi connectivity index (χ0v) is 13.9. The molecule has 1 heterocycles. The summed E-state index contributed by atoms with van der Waals surface area (Å²) in [6.07, 6.45) is 1.68. The molecule has 1 saturated heterocycles. The van der Waals surface area contributed by atoms with E-state index in [1.54, 1.807) is 13.0 Å². The van der Waals surface area contributed by atoms with Crippen LogP contribution >= 0.6 is 12.4 Å². The third-order valence-corrected chi connectivity index (χ3v) is 5.77. The van der Waals surface area contributed by atoms with Crippen LogP contribution < -0.4 is 5.73 Å². The molecule has 2 N–H and O–H groups in total. The van der Waals surface area contributed by atoms with E-state index in [1.165, 1.54) is 16.4 Å². The monoisotopic (exact) mass is 336 g/mol. The van der Waals surface area contributed by atoms with Crippen molar-refractivity contribution in [2.75, 3.05) is 13.1 Å². The number of sulfonamides is 1. The highest BCUT2D eigenvalue weighted by Crippen LogP contribution is 2.26. The van der Waals surface area contributed by atoms with E-state index in [0.717, 1.165) is 12.8 Å². The minimum absolute atomic E-state index is 0. The van der Waals surface area contributed by atoms with E-state index in [1.807, 2.05) is 6.92 Å². The molecular weight excluding hydrogens is 315 g/mol. The Labute approximate surface area is 132 Å². The van der Waals surface area contributed by atoms with Gasteiger partial charge >= 0.3 is 0 Å². The molecule has 2 rings (SSSR count). The summed E-state index contributed by atoms with van der Waals surface area (Å²) in [6, 6.07) is 4.15. The Hall–Kier alpha value is -0.690. The van der Waals surface area contributed by atoms with Gasteiger partial charge in [0.2, 0.25) is 10.0 Å². The number of piperidine rings is 1. The van der Waals surface area contributed by atoms with Gasteiger partial charge < -0.3 is 5.73 Å². The van der Waals surface area contributed by atoms with E-state index in [9.17, 15) is 12.8 Å². The van der Waals surface area contributed by atoms with Crippen LogP contribution in [0.4, 0.5) is 4.39 Å². The highest BCUT2D eigenvalue weighted by atomic mass is 35.5. The van der Waals surface area contributed by atoms with Gasteiger partial charge in [0.1, 0.15) is 10.7 Å². The van der Waals surface area contributed by atoms with Gasteiger partial charge in [-0.2, -0.15) is 4.31 Å². The Balaban J connectivity index is 0.00000220. The molecule has 2 unspecified atom stereocenters. The summed E-state index contributed by atoms with van der Waals surface area (Å²) in [4.78, 5) is -0.242. The SMILES string of the molecule is Cc1ccc(S(=O)(=O)N2CCCC(C(C)N)C2)c(F)c1.Cl. The highest BCUT2D eigenvalue weighted by molar-refractivity contribution is 7.89. The summed E-state index contributed by atoms with van der Waals surface area (Å²) in [6.45, 7) is 4.41. The Morgan fingerprint density at radius 3 is 2.67 bits per heavy atom. The first kappa shape index (κ1) is 18.4. The minimum atomic E-state index is -3.77. The van der Waals surface area contributed by atoms with E-state index >= 15 is 0 Å². The van der Waals surface area contributed by atoms with E-state index < -0.39 is 15.8 Å². The first-order valence-corrected chi connectivity index (χ1v) is 8.28. The van der Waals surface area contributed by atoms with Crippen LogP contribution in [-0.2, 0) is 10.0 Å². The molecule has 1 fully saturated rings. The molecule has 7 heteroatoms. The third kappa shape index (κ3) is 3.94. The van der Waals surface area contributed by atoms with Gasteiger partial charge in [0, 0.05) is 19.1 Å². The van der Waals surface area contributed by atoms with Crippen LogP contribution in [-0.4, -0.2) is 31.9 Å². The highest BCUT2D eigenvalue weighted by Gasteiger charge is 2.33. The summed E-state index contributed by atoms with van der Waals surface area (Å²) in [5, 5.41) is 0. The fraction of sp³-hybridized carbons (Fsp3) is 0.571. The van der Waals surface area contributed by atoms with Crippen molar-refractivity contribution >= 4 is 22.4 Å². The Kier molecular flexibility index (Phi) is 6.16. The molecule has 2 atom stereocenters. The van der Waals surface area contributed by atoms with Crippen LogP contribution in [0.1, 0.15) is 25.3 Å². The molecule has 0 aliphatic carbocycles. The van der Waals surface area contributed by atoms with E-state index in [2.05, 4.69) is 0 Å². The van der Waals surface area contributed by atoms with Crippen molar-refractivity contribution in [3.8, 4) is 0 Å². The molecule has 1 aliphatic heterocycles. The van der Waals surface area contributed by atoms with Crippen LogP contribution in [0.15, 0.2) is 23.1 Å². The van der Waals surface area contributed by atoms with E-state index in [-0.39, 0.29) is 29.3 Å². The van der Waals surface area contributed by atoms with Gasteiger partial charge in [0.25, 0.3) is 0 Å². The maximum absolute atomic E-state index is 13.9. The Bertz CT molecular complexity index is 593. The number of rotatable bonds is 3. The predicted octanol–water partition coefficient (Wildman–Crippen LogP) is 2.30. The van der Waals surface area contributed by atoms with Crippen molar-refractivity contribution in [3.63, 3.8) is 0 Å². The Morgan fingerprint density at radius 2 is 2.10 bits per heavy atom. The largest absolute Gasteiger partial charge is 0.328 e. The lowest BCUT2D eigenvalue weighted by atomic mass is 9.93. The van der Waals surface area contributed by atoms with Crippen LogP contribution in [0.3, 0.4) is 0 Å². The van der Waals surface area contributed by atoms with Crippen molar-refractivity contribution in [3.05, 3.63) is 29.6 Å². The molecular formula is C14H22ClFN2O2S. The van der Waals surface area contributed by atoms with Crippen molar-refractivity contribution in [1.29, 1.82) is 0 Å². The number of halogens is 2. The second kappa shape index (κ2) is 7.05. The van der Waals surface area contributed by atoms with Gasteiger partial charge in [-0.05, 0) is 50.3 Å². The zero-order valence-electron chi connectivity index (χ0n) is 12.3. The molecule has 1 aromatic carbocycles. The fourth-order valence-corrected chi connectivity index (χ4v) is 4.16. The predicted molar refractivity (Wildman–Crippen MR) is 83.5 cm³/mol. The van der Waals surface area contributed by atoms with Gasteiger partial charge in [-0.25, -0.2) is 12.8 Å². The summed E-state index contributed by atoms with van der Waals surface area (Å²) >= 11 is 0. The maximum Gasteiger partial charge on any atom is 0.245 e. The van der Waals surface area contributed by atoms with Crippen LogP contribution in [0, 0.1) is 18.7 Å². The number of nitrogens with zero attached hydrogens (tertiary/aromatic N) is 1. The van der Waals surface area contributed by atoms with Crippen molar-refractivity contribution in [1.82, 2.24) is 4.31 Å². The number of nitrogens with two attached hydrogens (primary N) is 1. The molecule has 0 spiro atoms. The number of benzene rings is 1. The maximum atomic E-state index is 13.9. The Morgan fingerprint density at radius 1 is 1.43 bits per heavy atom. The van der Waals surface area contributed by atoms with Crippen LogP contribution in [0.25, 0.3) is 0 Å². The van der Waals surface area contributed by atoms with Crippen molar-refractivity contribution in [2.45, 2.75) is 37.6 Å². The molecule has 0 saturated carbocycles. The molecule has 21 heavy (non-hydrogen) atoms. The normalized spacial score (nSPS) is 21.6. The molecule has 4 nitrogen and oxygen atoms in total. The molecule has 0 aromatic heterocycles. The molecule has 120 valence electrons. The minimum Gasteiger partial charge on any atom is -0.328 e. The van der Waals surface area contributed by atoms with Crippen molar-refractivity contribution in [2.24, 2.45) is 11.7 Å². The van der Waals surface area contributed by atoms with Crippen molar-refractivity contribution < 1.29 is 12.8 Å². The molecule has 1 aliphatic rings. The molecule has 0 amide bonds. The lowest BCUT2D eigenvalue weighted by Crippen LogP contribution is -2.45. The first-order chi connectivity index (χ1) is 9.32. The summed E-state index contributed by atoms with van der Waals surface area (Å²) in [7, 11) is -3.77. The van der Waals surface area contributed by atoms with Gasteiger partial charge in [0.05, 0.1) is 0 Å². The second-order valence-electron chi connectivity index (χ2n) is 5.56. The van der Waals surface area contributed by atoms with Gasteiger partial charge in [-0.1, -0.05) is 6.07 Å². The smallest absolute Gasteiger partial charge is 0.245 e. The fourth-order valence-electron chi connectivity index (χ4n) is 2.58. The summed E-state index contributed by atoms with van der Waals surface area (Å²) < 4.78 is 40.4. The average molecular weight is 337 g/mol. The molecule has 1 aromatic rings. The molecule has 0 radical (unpaired) electrons. The zero-order chi connectivity index (χ0) is 14.9. The number of hydrogen-bond donors (Lipinski definition) is 1. The average Bonchev–Trinajstić information content (AvgIpc) is 2.38. The number of hydrogen-bond acceptors (Lipinski definition) is 3. The quantitative estimate of drug-likeness (QED) is 0.921. The van der Waals surface area contributed by atoms with Gasteiger partial charge in [0.15, 0.2) is 0 Å². The topological polar surface area (TPSA) is 63.4 Å². The third-order valence-electron chi connectivity index (χ3n) is 3.87. The lowest BCUT2D eigenvalue weighted by Gasteiger charge is -2.33.